The number of nitrogens with zero attached hydrogens (tertiary/aromatic N) is 2. The highest BCUT2D eigenvalue weighted by molar-refractivity contribution is 5.93. The van der Waals surface area contributed by atoms with Gasteiger partial charge in [0, 0.05) is 37.8 Å². The quantitative estimate of drug-likeness (QED) is 0.683. The van der Waals surface area contributed by atoms with E-state index in [4.69, 9.17) is 0 Å². The lowest BCUT2D eigenvalue weighted by molar-refractivity contribution is -0.119. The minimum Gasteiger partial charge on any atom is -0.309 e. The van der Waals surface area contributed by atoms with Gasteiger partial charge in [0.1, 0.15) is 0 Å². The van der Waals surface area contributed by atoms with E-state index in [1.807, 2.05) is 6.92 Å². The second-order valence-electron chi connectivity index (χ2n) is 8.06. The van der Waals surface area contributed by atoms with Crippen LogP contribution in [0.4, 0.5) is 5.69 Å². The zero-order valence-electron chi connectivity index (χ0n) is 17.9. The lowest BCUT2D eigenvalue weighted by atomic mass is 10.00. The van der Waals surface area contributed by atoms with Crippen molar-refractivity contribution in [3.8, 4) is 0 Å². The summed E-state index contributed by atoms with van der Waals surface area (Å²) in [4.78, 5) is 17.3. The normalized spacial score (nSPS) is 15.6. The second-order valence-corrected chi connectivity index (χ2v) is 8.06. The molecule has 0 aliphatic carbocycles. The predicted molar refractivity (Wildman–Crippen MR) is 118 cm³/mol. The Hall–Kier alpha value is -2.13. The first kappa shape index (κ1) is 20.6. The first-order valence-electron chi connectivity index (χ1n) is 10.7. The molecule has 0 aromatic heterocycles. The average Bonchev–Trinajstić information content (AvgIpc) is 2.72. The van der Waals surface area contributed by atoms with E-state index < -0.39 is 0 Å². The van der Waals surface area contributed by atoms with Crippen LogP contribution in [0.5, 0.6) is 0 Å². The van der Waals surface area contributed by atoms with Gasteiger partial charge in [-0.1, -0.05) is 44.2 Å². The van der Waals surface area contributed by atoms with Crippen molar-refractivity contribution in [1.82, 2.24) is 4.90 Å². The number of carbonyl (C=O) groups is 1. The maximum atomic E-state index is 12.7. The first-order valence-corrected chi connectivity index (χ1v) is 10.7. The summed E-state index contributed by atoms with van der Waals surface area (Å²) >= 11 is 0. The van der Waals surface area contributed by atoms with Gasteiger partial charge in [-0.3, -0.25) is 9.69 Å². The third-order valence-electron chi connectivity index (χ3n) is 6.09. The number of benzene rings is 2. The number of carbonyl (C=O) groups excluding carboxylic acids is 1. The third-order valence-corrected chi connectivity index (χ3v) is 6.09. The Morgan fingerprint density at radius 2 is 1.61 bits per heavy atom. The summed E-state index contributed by atoms with van der Waals surface area (Å²) in [7, 11) is 0. The monoisotopic (exact) mass is 378 g/mol. The van der Waals surface area contributed by atoms with Gasteiger partial charge in [0.2, 0.25) is 5.91 Å². The number of hydrogen-bond donors (Lipinski definition) is 0. The molecule has 1 saturated heterocycles. The van der Waals surface area contributed by atoms with Gasteiger partial charge < -0.3 is 4.90 Å². The van der Waals surface area contributed by atoms with Crippen LogP contribution < -0.4 is 4.90 Å². The number of hydrogen-bond acceptors (Lipinski definition) is 2. The molecule has 1 heterocycles. The summed E-state index contributed by atoms with van der Waals surface area (Å²) in [6.45, 7) is 11.6. The molecular weight excluding hydrogens is 344 g/mol. The van der Waals surface area contributed by atoms with Crippen LogP contribution in [0.25, 0.3) is 0 Å². The van der Waals surface area contributed by atoms with Gasteiger partial charge >= 0.3 is 0 Å². The average molecular weight is 379 g/mol. The number of rotatable bonds is 6. The van der Waals surface area contributed by atoms with Gasteiger partial charge in [0.05, 0.1) is 0 Å². The highest BCUT2D eigenvalue weighted by atomic mass is 16.2. The highest BCUT2D eigenvalue weighted by Crippen LogP contribution is 2.26. The number of aryl methyl sites for hydroxylation is 3. The number of amides is 1. The minimum absolute atomic E-state index is 0.233. The van der Waals surface area contributed by atoms with E-state index >= 15 is 0 Å². The fraction of sp³-hybridized carbons (Fsp3) is 0.480. The summed E-state index contributed by atoms with van der Waals surface area (Å²) in [5.41, 5.74) is 6.47. The molecule has 1 aliphatic rings. The van der Waals surface area contributed by atoms with Crippen molar-refractivity contribution >= 4 is 11.6 Å². The molecule has 0 bridgehead atoms. The fourth-order valence-corrected chi connectivity index (χ4v) is 4.12. The number of likely N-dealkylation sites (tertiary alicyclic amines) is 1. The standard InChI is InChI=1S/C25H34N2O/c1-5-21-9-11-23(12-10-21)27(25(28)6-2)24-13-15-26(16-14-24)18-22-8-7-19(3)20(4)17-22/h7-12,17,24H,5-6,13-16,18H2,1-4H3. The molecule has 2 aromatic carbocycles. The molecule has 2 aromatic rings. The lowest BCUT2D eigenvalue weighted by Crippen LogP contribution is -2.47. The predicted octanol–water partition coefficient (Wildman–Crippen LogP) is 5.27. The molecule has 3 nitrogen and oxygen atoms in total. The van der Waals surface area contributed by atoms with E-state index in [0.717, 1.165) is 44.6 Å². The Balaban J connectivity index is 1.66. The van der Waals surface area contributed by atoms with Crippen molar-refractivity contribution in [2.45, 2.75) is 66.0 Å². The van der Waals surface area contributed by atoms with E-state index in [-0.39, 0.29) is 5.91 Å². The molecule has 1 fully saturated rings. The van der Waals surface area contributed by atoms with Crippen LogP contribution in [0.2, 0.25) is 0 Å². The molecule has 150 valence electrons. The lowest BCUT2D eigenvalue weighted by Gasteiger charge is -2.38. The van der Waals surface area contributed by atoms with Gasteiger partial charge in [-0.25, -0.2) is 0 Å². The zero-order chi connectivity index (χ0) is 20.1. The van der Waals surface area contributed by atoms with Gasteiger partial charge in [0.25, 0.3) is 0 Å². The van der Waals surface area contributed by atoms with E-state index in [1.54, 1.807) is 0 Å². The molecular formula is C25H34N2O. The van der Waals surface area contributed by atoms with Gasteiger partial charge in [-0.05, 0) is 67.5 Å². The Labute approximate surface area is 170 Å². The molecule has 0 atom stereocenters. The first-order chi connectivity index (χ1) is 13.5. The summed E-state index contributed by atoms with van der Waals surface area (Å²) < 4.78 is 0. The smallest absolute Gasteiger partial charge is 0.226 e. The van der Waals surface area contributed by atoms with Crippen molar-refractivity contribution in [3.63, 3.8) is 0 Å². The Bertz CT molecular complexity index is 789. The van der Waals surface area contributed by atoms with Crippen molar-refractivity contribution in [3.05, 3.63) is 64.7 Å². The van der Waals surface area contributed by atoms with Gasteiger partial charge in [0.15, 0.2) is 0 Å². The number of anilines is 1. The van der Waals surface area contributed by atoms with Crippen LogP contribution in [0.3, 0.4) is 0 Å². The van der Waals surface area contributed by atoms with Crippen LogP contribution in [-0.4, -0.2) is 29.9 Å². The molecule has 0 N–H and O–H groups in total. The topological polar surface area (TPSA) is 23.6 Å². The van der Waals surface area contributed by atoms with Crippen molar-refractivity contribution in [1.29, 1.82) is 0 Å². The van der Waals surface area contributed by atoms with Crippen LogP contribution in [0, 0.1) is 13.8 Å². The summed E-state index contributed by atoms with van der Waals surface area (Å²) in [6.07, 6.45) is 3.65. The maximum Gasteiger partial charge on any atom is 0.226 e. The third kappa shape index (κ3) is 4.82. The molecule has 0 unspecified atom stereocenters. The maximum absolute atomic E-state index is 12.7. The van der Waals surface area contributed by atoms with E-state index in [1.165, 1.54) is 22.3 Å². The Morgan fingerprint density at radius 3 is 2.18 bits per heavy atom. The van der Waals surface area contributed by atoms with Crippen molar-refractivity contribution in [2.24, 2.45) is 0 Å². The summed E-state index contributed by atoms with van der Waals surface area (Å²) in [6, 6.07) is 15.6. The summed E-state index contributed by atoms with van der Waals surface area (Å²) in [5.74, 6) is 0.233. The highest BCUT2D eigenvalue weighted by Gasteiger charge is 2.28. The largest absolute Gasteiger partial charge is 0.309 e. The van der Waals surface area contributed by atoms with Crippen LogP contribution in [0.15, 0.2) is 42.5 Å². The minimum atomic E-state index is 0.233. The van der Waals surface area contributed by atoms with Crippen LogP contribution in [0.1, 0.15) is 55.4 Å². The van der Waals surface area contributed by atoms with Gasteiger partial charge in [-0.15, -0.1) is 0 Å². The molecule has 0 saturated carbocycles. The van der Waals surface area contributed by atoms with Gasteiger partial charge in [-0.2, -0.15) is 0 Å². The molecule has 1 amide bonds. The summed E-state index contributed by atoms with van der Waals surface area (Å²) in [5, 5.41) is 0. The molecule has 3 rings (SSSR count). The van der Waals surface area contributed by atoms with Crippen LogP contribution >= 0.6 is 0 Å². The van der Waals surface area contributed by atoms with Crippen molar-refractivity contribution in [2.75, 3.05) is 18.0 Å². The van der Waals surface area contributed by atoms with E-state index in [9.17, 15) is 4.79 Å². The fourth-order valence-electron chi connectivity index (χ4n) is 4.12. The Morgan fingerprint density at radius 1 is 0.964 bits per heavy atom. The Kier molecular flexibility index (Phi) is 6.90. The molecule has 28 heavy (non-hydrogen) atoms. The van der Waals surface area contributed by atoms with Crippen LogP contribution in [-0.2, 0) is 17.8 Å². The van der Waals surface area contributed by atoms with E-state index in [0.29, 0.717) is 12.5 Å². The molecule has 0 radical (unpaired) electrons. The molecule has 3 heteroatoms. The van der Waals surface area contributed by atoms with E-state index in [2.05, 4.69) is 73.0 Å². The SMILES string of the molecule is CCC(=O)N(c1ccc(CC)cc1)C1CCN(Cc2ccc(C)c(C)c2)CC1. The number of piperidine rings is 1. The molecule has 0 spiro atoms. The van der Waals surface area contributed by atoms with Crippen molar-refractivity contribution < 1.29 is 4.79 Å². The second kappa shape index (κ2) is 9.38. The molecule has 1 aliphatic heterocycles. The zero-order valence-corrected chi connectivity index (χ0v) is 17.9.